The van der Waals surface area contributed by atoms with E-state index in [0.29, 0.717) is 6.42 Å². The number of hydrogen-bond acceptors (Lipinski definition) is 2. The molecule has 2 aromatic rings. The van der Waals surface area contributed by atoms with Gasteiger partial charge in [0.25, 0.3) is 0 Å². The third-order valence-electron chi connectivity index (χ3n) is 4.56. The minimum Gasteiger partial charge on any atom is -0.326 e. The van der Waals surface area contributed by atoms with Crippen molar-refractivity contribution in [2.45, 2.75) is 26.2 Å². The summed E-state index contributed by atoms with van der Waals surface area (Å²) in [4.78, 5) is 14.5. The van der Waals surface area contributed by atoms with Crippen LogP contribution in [0.15, 0.2) is 42.5 Å². The maximum atomic E-state index is 12.1. The summed E-state index contributed by atoms with van der Waals surface area (Å²) in [6.45, 7) is 5.44. The van der Waals surface area contributed by atoms with Gasteiger partial charge in [-0.15, -0.1) is 0 Å². The van der Waals surface area contributed by atoms with Crippen molar-refractivity contribution in [2.24, 2.45) is 5.92 Å². The molecule has 0 saturated carbocycles. The molecule has 1 aliphatic heterocycles. The maximum Gasteiger partial charge on any atom is 0.225 e. The Labute approximate surface area is 132 Å². The first-order valence-electron chi connectivity index (χ1n) is 8.22. The summed E-state index contributed by atoms with van der Waals surface area (Å²) in [5.41, 5.74) is 0.885. The van der Waals surface area contributed by atoms with Crippen molar-refractivity contribution < 1.29 is 4.79 Å². The molecule has 1 heterocycles. The van der Waals surface area contributed by atoms with Gasteiger partial charge in [-0.2, -0.15) is 0 Å². The van der Waals surface area contributed by atoms with Gasteiger partial charge in [-0.25, -0.2) is 0 Å². The molecular formula is C19H24N2O. The molecule has 1 N–H and O–H groups in total. The van der Waals surface area contributed by atoms with Gasteiger partial charge in [0.2, 0.25) is 5.91 Å². The number of fused-ring (bicyclic) bond motifs is 1. The molecule has 1 fully saturated rings. The summed E-state index contributed by atoms with van der Waals surface area (Å²) in [5, 5.41) is 5.37. The van der Waals surface area contributed by atoms with Gasteiger partial charge in [-0.05, 0) is 54.8 Å². The van der Waals surface area contributed by atoms with Gasteiger partial charge in [-0.3, -0.25) is 4.79 Å². The first kappa shape index (κ1) is 15.0. The van der Waals surface area contributed by atoms with E-state index in [1.165, 1.54) is 18.2 Å². The molecule has 0 aromatic heterocycles. The first-order valence-corrected chi connectivity index (χ1v) is 8.22. The van der Waals surface area contributed by atoms with E-state index >= 15 is 0 Å². The second-order valence-corrected chi connectivity index (χ2v) is 6.38. The zero-order chi connectivity index (χ0) is 15.4. The van der Waals surface area contributed by atoms with Crippen molar-refractivity contribution in [3.05, 3.63) is 42.5 Å². The van der Waals surface area contributed by atoms with Crippen LogP contribution < -0.4 is 5.32 Å². The largest absolute Gasteiger partial charge is 0.326 e. The lowest BCUT2D eigenvalue weighted by atomic mass is 9.99. The van der Waals surface area contributed by atoms with E-state index in [1.54, 1.807) is 0 Å². The van der Waals surface area contributed by atoms with Gasteiger partial charge >= 0.3 is 0 Å². The van der Waals surface area contributed by atoms with E-state index in [-0.39, 0.29) is 5.91 Å². The fourth-order valence-corrected chi connectivity index (χ4v) is 3.04. The topological polar surface area (TPSA) is 32.3 Å². The fraction of sp³-hybridized carbons (Fsp3) is 0.421. The number of likely N-dealkylation sites (tertiary alicyclic amines) is 1. The number of carbonyl (C=O) groups is 1. The Morgan fingerprint density at radius 2 is 1.86 bits per heavy atom. The van der Waals surface area contributed by atoms with Gasteiger partial charge in [-0.1, -0.05) is 37.3 Å². The molecule has 0 bridgehead atoms. The Bertz CT molecular complexity index is 645. The molecule has 1 saturated heterocycles. The van der Waals surface area contributed by atoms with Crippen LogP contribution in [0, 0.1) is 5.92 Å². The van der Waals surface area contributed by atoms with Crippen LogP contribution in [-0.2, 0) is 4.79 Å². The highest BCUT2D eigenvalue weighted by Crippen LogP contribution is 2.19. The van der Waals surface area contributed by atoms with Crippen LogP contribution in [0.3, 0.4) is 0 Å². The molecular weight excluding hydrogens is 272 g/mol. The molecule has 0 spiro atoms. The van der Waals surface area contributed by atoms with Crippen LogP contribution in [0.5, 0.6) is 0 Å². The fourth-order valence-electron chi connectivity index (χ4n) is 3.04. The number of anilines is 1. The molecule has 1 aliphatic rings. The number of rotatable bonds is 4. The van der Waals surface area contributed by atoms with Gasteiger partial charge in [0, 0.05) is 18.7 Å². The number of nitrogens with one attached hydrogen (secondary N) is 1. The average Bonchev–Trinajstić information content (AvgIpc) is 2.54. The van der Waals surface area contributed by atoms with E-state index in [1.807, 2.05) is 24.3 Å². The van der Waals surface area contributed by atoms with Crippen molar-refractivity contribution in [3.8, 4) is 0 Å². The van der Waals surface area contributed by atoms with Crippen molar-refractivity contribution in [2.75, 3.05) is 25.0 Å². The predicted molar refractivity (Wildman–Crippen MR) is 92.0 cm³/mol. The van der Waals surface area contributed by atoms with Crippen LogP contribution in [-0.4, -0.2) is 30.4 Å². The summed E-state index contributed by atoms with van der Waals surface area (Å²) >= 11 is 0. The maximum absolute atomic E-state index is 12.1. The van der Waals surface area contributed by atoms with Crippen LogP contribution in [0.4, 0.5) is 5.69 Å². The molecule has 116 valence electrons. The number of hydrogen-bond donors (Lipinski definition) is 1. The van der Waals surface area contributed by atoms with Crippen molar-refractivity contribution in [3.63, 3.8) is 0 Å². The standard InChI is InChI=1S/C19H24N2O/c1-15-8-11-21(12-9-15)13-10-19(22)20-18-7-6-16-4-2-3-5-17(16)14-18/h2-7,14-15H,8-13H2,1H3,(H,20,22). The molecule has 0 atom stereocenters. The number of piperidine rings is 1. The van der Waals surface area contributed by atoms with Crippen LogP contribution in [0.2, 0.25) is 0 Å². The third kappa shape index (κ3) is 3.86. The molecule has 3 nitrogen and oxygen atoms in total. The first-order chi connectivity index (χ1) is 10.7. The van der Waals surface area contributed by atoms with Crippen LogP contribution >= 0.6 is 0 Å². The predicted octanol–water partition coefficient (Wildman–Crippen LogP) is 3.90. The number of benzene rings is 2. The van der Waals surface area contributed by atoms with Crippen molar-refractivity contribution in [1.82, 2.24) is 4.90 Å². The normalized spacial score (nSPS) is 16.8. The highest BCUT2D eigenvalue weighted by atomic mass is 16.1. The molecule has 1 amide bonds. The number of amides is 1. The quantitative estimate of drug-likeness (QED) is 0.928. The molecule has 0 aliphatic carbocycles. The summed E-state index contributed by atoms with van der Waals surface area (Å²) in [6, 6.07) is 14.3. The van der Waals surface area contributed by atoms with E-state index in [9.17, 15) is 4.79 Å². The number of nitrogens with zero attached hydrogens (tertiary/aromatic N) is 1. The molecule has 3 rings (SSSR count). The van der Waals surface area contributed by atoms with E-state index in [2.05, 4.69) is 35.3 Å². The zero-order valence-corrected chi connectivity index (χ0v) is 13.2. The smallest absolute Gasteiger partial charge is 0.225 e. The lowest BCUT2D eigenvalue weighted by molar-refractivity contribution is -0.116. The Balaban J connectivity index is 1.52. The summed E-state index contributed by atoms with van der Waals surface area (Å²) in [5.74, 6) is 0.941. The Kier molecular flexibility index (Phi) is 4.74. The van der Waals surface area contributed by atoms with Gasteiger partial charge in [0.1, 0.15) is 0 Å². The minimum atomic E-state index is 0.105. The summed E-state index contributed by atoms with van der Waals surface area (Å²) in [7, 11) is 0. The second-order valence-electron chi connectivity index (χ2n) is 6.38. The third-order valence-corrected chi connectivity index (χ3v) is 4.56. The van der Waals surface area contributed by atoms with Gasteiger partial charge in [0.15, 0.2) is 0 Å². The van der Waals surface area contributed by atoms with Crippen LogP contribution in [0.1, 0.15) is 26.2 Å². The Morgan fingerprint density at radius 1 is 1.14 bits per heavy atom. The minimum absolute atomic E-state index is 0.105. The van der Waals surface area contributed by atoms with Gasteiger partial charge in [0.05, 0.1) is 0 Å². The average molecular weight is 296 g/mol. The summed E-state index contributed by atoms with van der Waals surface area (Å²) < 4.78 is 0. The molecule has 22 heavy (non-hydrogen) atoms. The van der Waals surface area contributed by atoms with Crippen molar-refractivity contribution >= 4 is 22.4 Å². The monoisotopic (exact) mass is 296 g/mol. The Morgan fingerprint density at radius 3 is 2.64 bits per heavy atom. The van der Waals surface area contributed by atoms with E-state index < -0.39 is 0 Å². The highest BCUT2D eigenvalue weighted by molar-refractivity contribution is 5.94. The zero-order valence-electron chi connectivity index (χ0n) is 13.2. The van der Waals surface area contributed by atoms with E-state index in [4.69, 9.17) is 0 Å². The highest BCUT2D eigenvalue weighted by Gasteiger charge is 2.16. The summed E-state index contributed by atoms with van der Waals surface area (Å²) in [6.07, 6.45) is 3.08. The lowest BCUT2D eigenvalue weighted by Crippen LogP contribution is -2.35. The molecule has 0 radical (unpaired) electrons. The lowest BCUT2D eigenvalue weighted by Gasteiger charge is -2.29. The molecule has 3 heteroatoms. The second kappa shape index (κ2) is 6.93. The number of carbonyl (C=O) groups excluding carboxylic acids is 1. The Hall–Kier alpha value is -1.87. The SMILES string of the molecule is CC1CCN(CCC(=O)Nc2ccc3ccccc3c2)CC1. The molecule has 0 unspecified atom stereocenters. The van der Waals surface area contributed by atoms with E-state index in [0.717, 1.165) is 36.6 Å². The van der Waals surface area contributed by atoms with Crippen molar-refractivity contribution in [1.29, 1.82) is 0 Å². The van der Waals surface area contributed by atoms with Gasteiger partial charge < -0.3 is 10.2 Å². The van der Waals surface area contributed by atoms with Crippen LogP contribution in [0.25, 0.3) is 10.8 Å². The molecule has 2 aromatic carbocycles.